The van der Waals surface area contributed by atoms with Crippen LogP contribution in [0.15, 0.2) is 97.3 Å². The Labute approximate surface area is 231 Å². The second-order valence-electron chi connectivity index (χ2n) is 9.84. The molecular formula is C32H25N3OPt. The summed E-state index contributed by atoms with van der Waals surface area (Å²) < 4.78 is 8.10. The number of benzene rings is 3. The minimum atomic E-state index is 0. The van der Waals surface area contributed by atoms with E-state index < -0.39 is 0 Å². The summed E-state index contributed by atoms with van der Waals surface area (Å²) in [5.41, 5.74) is 5.17. The summed E-state index contributed by atoms with van der Waals surface area (Å²) in [6.07, 6.45) is 3.69. The average Bonchev–Trinajstić information content (AvgIpc) is 3.23. The van der Waals surface area contributed by atoms with Crippen LogP contribution in [0.5, 0.6) is 11.6 Å². The molecule has 0 bridgehead atoms. The van der Waals surface area contributed by atoms with Gasteiger partial charge in [-0.15, -0.1) is 18.2 Å². The largest absolute Gasteiger partial charge is 2.00 e. The number of ether oxygens (including phenoxy) is 1. The van der Waals surface area contributed by atoms with Crippen LogP contribution in [-0.2, 0) is 26.5 Å². The zero-order valence-corrected chi connectivity index (χ0v) is 23.1. The third-order valence-electron chi connectivity index (χ3n) is 6.34. The maximum Gasteiger partial charge on any atom is 2.00 e. The fourth-order valence-electron chi connectivity index (χ4n) is 4.43. The van der Waals surface area contributed by atoms with Crippen LogP contribution >= 0.6 is 0 Å². The van der Waals surface area contributed by atoms with Crippen molar-refractivity contribution in [1.82, 2.24) is 14.5 Å². The van der Waals surface area contributed by atoms with E-state index in [9.17, 15) is 0 Å². The van der Waals surface area contributed by atoms with Gasteiger partial charge in [0, 0.05) is 29.7 Å². The number of para-hydroxylation sites is 1. The zero-order valence-electron chi connectivity index (χ0n) is 20.8. The van der Waals surface area contributed by atoms with Gasteiger partial charge < -0.3 is 9.30 Å². The first-order valence-corrected chi connectivity index (χ1v) is 12.0. The van der Waals surface area contributed by atoms with Crippen LogP contribution < -0.4 is 4.74 Å². The first-order chi connectivity index (χ1) is 17.5. The molecular weight excluding hydrogens is 637 g/mol. The first-order valence-electron chi connectivity index (χ1n) is 12.0. The predicted octanol–water partition coefficient (Wildman–Crippen LogP) is 7.93. The molecule has 0 unspecified atom stereocenters. The maximum absolute atomic E-state index is 5.91. The van der Waals surface area contributed by atoms with Gasteiger partial charge in [-0.2, -0.15) is 24.3 Å². The van der Waals surface area contributed by atoms with Crippen molar-refractivity contribution in [3.05, 3.63) is 115 Å². The Kier molecular flexibility index (Phi) is 6.70. The SMILES string of the molecule is CC(C)(C)c1ccc(-n2c3[c-]c(-c4[c-]c(Oc5ccccn5)ccc4)ccc3c3ccccc32)nc1.[Pt+2]. The van der Waals surface area contributed by atoms with Crippen molar-refractivity contribution < 1.29 is 25.8 Å². The van der Waals surface area contributed by atoms with Crippen molar-refractivity contribution in [3.8, 4) is 28.6 Å². The smallest absolute Gasteiger partial charge is 0.460 e. The molecule has 0 aliphatic rings. The Hall–Kier alpha value is -3.75. The minimum Gasteiger partial charge on any atom is -0.460 e. The number of hydrogen-bond acceptors (Lipinski definition) is 3. The summed E-state index contributed by atoms with van der Waals surface area (Å²) in [5, 5.41) is 2.31. The minimum absolute atomic E-state index is 0. The predicted molar refractivity (Wildman–Crippen MR) is 145 cm³/mol. The second-order valence-corrected chi connectivity index (χ2v) is 9.84. The molecule has 3 aromatic carbocycles. The molecule has 0 saturated carbocycles. The molecule has 184 valence electrons. The zero-order chi connectivity index (χ0) is 24.7. The molecule has 3 heterocycles. The van der Waals surface area contributed by atoms with Crippen LogP contribution in [0.3, 0.4) is 0 Å². The third kappa shape index (κ3) is 4.82. The molecule has 0 fully saturated rings. The summed E-state index contributed by atoms with van der Waals surface area (Å²) in [4.78, 5) is 9.11. The normalized spacial score (nSPS) is 11.4. The average molecular weight is 663 g/mol. The van der Waals surface area contributed by atoms with E-state index in [0.717, 1.165) is 33.4 Å². The molecule has 37 heavy (non-hydrogen) atoms. The van der Waals surface area contributed by atoms with Crippen LogP contribution in [0.2, 0.25) is 0 Å². The van der Waals surface area contributed by atoms with Gasteiger partial charge >= 0.3 is 21.1 Å². The quantitative estimate of drug-likeness (QED) is 0.180. The number of hydrogen-bond donors (Lipinski definition) is 0. The van der Waals surface area contributed by atoms with Gasteiger partial charge in [0.05, 0.1) is 0 Å². The van der Waals surface area contributed by atoms with E-state index in [1.807, 2.05) is 42.6 Å². The maximum atomic E-state index is 5.91. The summed E-state index contributed by atoms with van der Waals surface area (Å²) in [6.45, 7) is 6.60. The third-order valence-corrected chi connectivity index (χ3v) is 6.34. The fraction of sp³-hybridized carbons (Fsp3) is 0.125. The molecule has 0 atom stereocenters. The summed E-state index contributed by atoms with van der Waals surface area (Å²) in [6, 6.07) is 35.4. The van der Waals surface area contributed by atoms with Gasteiger partial charge in [0.1, 0.15) is 5.82 Å². The van der Waals surface area contributed by atoms with Crippen molar-refractivity contribution in [1.29, 1.82) is 0 Å². The number of pyridine rings is 2. The second kappa shape index (κ2) is 9.95. The van der Waals surface area contributed by atoms with Gasteiger partial charge in [0.25, 0.3) is 0 Å². The van der Waals surface area contributed by atoms with Crippen LogP contribution in [0.1, 0.15) is 26.3 Å². The molecule has 3 aromatic heterocycles. The molecule has 0 aliphatic carbocycles. The van der Waals surface area contributed by atoms with E-state index >= 15 is 0 Å². The Balaban J connectivity index is 0.00000280. The van der Waals surface area contributed by atoms with E-state index in [4.69, 9.17) is 9.72 Å². The topological polar surface area (TPSA) is 39.9 Å². The monoisotopic (exact) mass is 662 g/mol. The van der Waals surface area contributed by atoms with Crippen LogP contribution in [0, 0.1) is 12.1 Å². The number of rotatable bonds is 4. The Morgan fingerprint density at radius 1 is 0.730 bits per heavy atom. The molecule has 0 spiro atoms. The summed E-state index contributed by atoms with van der Waals surface area (Å²) in [5.74, 6) is 2.02. The van der Waals surface area contributed by atoms with E-state index in [1.165, 1.54) is 10.9 Å². The Morgan fingerprint density at radius 2 is 1.54 bits per heavy atom. The first kappa shape index (κ1) is 24.9. The van der Waals surface area contributed by atoms with Crippen LogP contribution in [0.25, 0.3) is 38.8 Å². The molecule has 0 radical (unpaired) electrons. The standard InChI is InChI=1S/C32H25N3O.Pt/c1-32(2,3)24-15-17-30(34-21-24)35-28-12-5-4-11-26(28)27-16-14-23(20-29(27)35)22-9-8-10-25(19-22)36-31-13-6-7-18-33-31;/h4-18,21H,1-3H3;/q-2;+2. The van der Waals surface area contributed by atoms with Crippen LogP contribution in [0.4, 0.5) is 0 Å². The number of fused-ring (bicyclic) bond motifs is 3. The molecule has 5 heteroatoms. The van der Waals surface area contributed by atoms with Gasteiger partial charge in [-0.05, 0) is 40.1 Å². The molecule has 4 nitrogen and oxygen atoms in total. The van der Waals surface area contributed by atoms with Gasteiger partial charge in [-0.1, -0.05) is 56.5 Å². The van der Waals surface area contributed by atoms with E-state index in [1.54, 1.807) is 6.20 Å². The fourth-order valence-corrected chi connectivity index (χ4v) is 4.43. The van der Waals surface area contributed by atoms with Crippen molar-refractivity contribution in [2.45, 2.75) is 26.2 Å². The summed E-state index contributed by atoms with van der Waals surface area (Å²) >= 11 is 0. The summed E-state index contributed by atoms with van der Waals surface area (Å²) in [7, 11) is 0. The number of aromatic nitrogens is 3. The molecule has 0 aliphatic heterocycles. The van der Waals surface area contributed by atoms with Crippen molar-refractivity contribution in [3.63, 3.8) is 0 Å². The van der Waals surface area contributed by atoms with E-state index in [0.29, 0.717) is 11.6 Å². The molecule has 0 saturated heterocycles. The molecule has 0 amide bonds. The van der Waals surface area contributed by atoms with Crippen LogP contribution in [-0.4, -0.2) is 14.5 Å². The van der Waals surface area contributed by atoms with Crippen molar-refractivity contribution >= 4 is 21.8 Å². The number of nitrogens with zero attached hydrogens (tertiary/aromatic N) is 3. The van der Waals surface area contributed by atoms with E-state index in [2.05, 4.69) is 91.0 Å². The molecule has 0 N–H and O–H groups in total. The van der Waals surface area contributed by atoms with Gasteiger partial charge in [0.15, 0.2) is 0 Å². The Bertz CT molecular complexity index is 1680. The molecule has 6 rings (SSSR count). The molecule has 6 aromatic rings. The van der Waals surface area contributed by atoms with Gasteiger partial charge in [-0.3, -0.25) is 0 Å². The van der Waals surface area contributed by atoms with E-state index in [-0.39, 0.29) is 26.5 Å². The van der Waals surface area contributed by atoms with Gasteiger partial charge in [-0.25, -0.2) is 21.1 Å². The Morgan fingerprint density at radius 3 is 2.30 bits per heavy atom. The van der Waals surface area contributed by atoms with Crippen molar-refractivity contribution in [2.24, 2.45) is 0 Å². The van der Waals surface area contributed by atoms with Gasteiger partial charge in [0.2, 0.25) is 5.88 Å². The van der Waals surface area contributed by atoms with Crippen molar-refractivity contribution in [2.75, 3.05) is 0 Å².